The molecule has 1 heterocycles. The number of hydrogen-bond acceptors (Lipinski definition) is 2. The van der Waals surface area contributed by atoms with E-state index in [4.69, 9.17) is 0 Å². The maximum absolute atomic E-state index is 12.4. The fraction of sp³-hybridized carbons (Fsp3) is 0.529. The van der Waals surface area contributed by atoms with Crippen molar-refractivity contribution >= 4 is 17.4 Å². The van der Waals surface area contributed by atoms with Crippen LogP contribution in [0.15, 0.2) is 12.1 Å². The van der Waals surface area contributed by atoms with E-state index in [0.29, 0.717) is 0 Å². The highest BCUT2D eigenvalue weighted by molar-refractivity contribution is 6.20. The quantitative estimate of drug-likeness (QED) is 0.775. The third-order valence-electron chi connectivity index (χ3n) is 4.57. The molecule has 20 heavy (non-hydrogen) atoms. The molecular weight excluding hydrogens is 250 g/mol. The molecule has 3 nitrogen and oxygen atoms in total. The first kappa shape index (κ1) is 14.8. The van der Waals surface area contributed by atoms with Gasteiger partial charge in [0.2, 0.25) is 5.91 Å². The average molecular weight is 273 g/mol. The van der Waals surface area contributed by atoms with Crippen LogP contribution in [0.2, 0.25) is 0 Å². The van der Waals surface area contributed by atoms with Crippen molar-refractivity contribution in [3.05, 3.63) is 28.8 Å². The fourth-order valence-corrected chi connectivity index (χ4v) is 3.24. The van der Waals surface area contributed by atoms with Crippen LogP contribution < -0.4 is 4.90 Å². The van der Waals surface area contributed by atoms with Gasteiger partial charge in [0.05, 0.1) is 12.1 Å². The first-order chi connectivity index (χ1) is 9.19. The summed E-state index contributed by atoms with van der Waals surface area (Å²) in [5.74, 6) is 0.0275. The Morgan fingerprint density at radius 2 is 1.60 bits per heavy atom. The topological polar surface area (TPSA) is 37.4 Å². The number of rotatable bonds is 2. The number of hydrogen-bond donors (Lipinski definition) is 0. The van der Waals surface area contributed by atoms with Gasteiger partial charge in [-0.05, 0) is 44.7 Å². The second-order valence-electron chi connectivity index (χ2n) is 6.38. The Morgan fingerprint density at radius 1 is 1.10 bits per heavy atom. The van der Waals surface area contributed by atoms with Gasteiger partial charge in [0.25, 0.3) is 0 Å². The van der Waals surface area contributed by atoms with E-state index in [0.717, 1.165) is 16.8 Å². The van der Waals surface area contributed by atoms with Crippen molar-refractivity contribution < 1.29 is 9.59 Å². The summed E-state index contributed by atoms with van der Waals surface area (Å²) in [5, 5.41) is 0. The monoisotopic (exact) mass is 273 g/mol. The van der Waals surface area contributed by atoms with E-state index in [1.807, 2.05) is 41.5 Å². The summed E-state index contributed by atoms with van der Waals surface area (Å²) in [7, 11) is 0. The number of aryl methyl sites for hydroxylation is 3. The molecule has 0 radical (unpaired) electrons. The molecule has 0 bridgehead atoms. The number of Topliss-reactive ketones (excluding diaryl/α,β-unsaturated/α-hetero) is 1. The summed E-state index contributed by atoms with van der Waals surface area (Å²) in [6.07, 6.45) is 0.0153. The molecule has 1 atom stereocenters. The van der Waals surface area contributed by atoms with Gasteiger partial charge in [0.1, 0.15) is 5.54 Å². The van der Waals surface area contributed by atoms with E-state index in [1.54, 1.807) is 4.90 Å². The molecule has 2 rings (SSSR count). The minimum atomic E-state index is -0.734. The predicted molar refractivity (Wildman–Crippen MR) is 81.0 cm³/mol. The zero-order valence-electron chi connectivity index (χ0n) is 13.2. The standard InChI is InChI=1S/C17H23NO2/c1-10(2)17(6)14(19)9-15(20)18(17)16-12(4)7-11(3)8-13(16)5/h7-8,10H,9H2,1-6H3. The Morgan fingerprint density at radius 3 is 2.05 bits per heavy atom. The second-order valence-corrected chi connectivity index (χ2v) is 6.38. The number of nitrogens with zero attached hydrogens (tertiary/aromatic N) is 1. The summed E-state index contributed by atoms with van der Waals surface area (Å²) in [4.78, 5) is 26.5. The van der Waals surface area contributed by atoms with Gasteiger partial charge in [-0.2, -0.15) is 0 Å². The highest BCUT2D eigenvalue weighted by Crippen LogP contribution is 2.40. The molecule has 0 spiro atoms. The van der Waals surface area contributed by atoms with Crippen LogP contribution >= 0.6 is 0 Å². The van der Waals surface area contributed by atoms with Crippen molar-refractivity contribution in [1.29, 1.82) is 0 Å². The van der Waals surface area contributed by atoms with Crippen LogP contribution in [-0.4, -0.2) is 17.2 Å². The number of carbonyl (C=O) groups excluding carboxylic acids is 2. The van der Waals surface area contributed by atoms with Gasteiger partial charge in [-0.3, -0.25) is 14.5 Å². The van der Waals surface area contributed by atoms with Gasteiger partial charge in [-0.15, -0.1) is 0 Å². The molecule has 1 amide bonds. The lowest BCUT2D eigenvalue weighted by Crippen LogP contribution is -2.52. The Hall–Kier alpha value is -1.64. The number of anilines is 1. The highest BCUT2D eigenvalue weighted by Gasteiger charge is 2.52. The van der Waals surface area contributed by atoms with Crippen LogP contribution in [0.3, 0.4) is 0 Å². The average Bonchev–Trinajstić information content (AvgIpc) is 2.52. The normalized spacial score (nSPS) is 23.1. The molecule has 1 unspecified atom stereocenters. The zero-order valence-corrected chi connectivity index (χ0v) is 13.2. The lowest BCUT2D eigenvalue weighted by Gasteiger charge is -2.38. The van der Waals surface area contributed by atoms with Gasteiger partial charge in [-0.25, -0.2) is 0 Å². The van der Waals surface area contributed by atoms with E-state index in [-0.39, 0.29) is 24.0 Å². The SMILES string of the molecule is Cc1cc(C)c(N2C(=O)CC(=O)C2(C)C(C)C)c(C)c1. The summed E-state index contributed by atoms with van der Waals surface area (Å²) in [6, 6.07) is 4.14. The second kappa shape index (κ2) is 4.72. The van der Waals surface area contributed by atoms with Gasteiger partial charge < -0.3 is 0 Å². The molecule has 1 aromatic carbocycles. The minimum Gasteiger partial charge on any atom is -0.298 e. The first-order valence-electron chi connectivity index (χ1n) is 7.13. The van der Waals surface area contributed by atoms with Crippen LogP contribution in [-0.2, 0) is 9.59 Å². The largest absolute Gasteiger partial charge is 0.298 e. The van der Waals surface area contributed by atoms with E-state index in [1.165, 1.54) is 5.56 Å². The summed E-state index contributed by atoms with van der Waals surface area (Å²) >= 11 is 0. The molecule has 1 aliphatic heterocycles. The number of ketones is 1. The van der Waals surface area contributed by atoms with E-state index in [2.05, 4.69) is 12.1 Å². The van der Waals surface area contributed by atoms with Crippen molar-refractivity contribution in [2.45, 2.75) is 53.5 Å². The molecule has 0 aromatic heterocycles. The third-order valence-corrected chi connectivity index (χ3v) is 4.57. The fourth-order valence-electron chi connectivity index (χ4n) is 3.24. The molecule has 1 aliphatic rings. The van der Waals surface area contributed by atoms with Crippen molar-refractivity contribution in [3.63, 3.8) is 0 Å². The lowest BCUT2D eigenvalue weighted by molar-refractivity contribution is -0.123. The van der Waals surface area contributed by atoms with E-state index in [9.17, 15) is 9.59 Å². The Labute approximate surface area is 121 Å². The van der Waals surface area contributed by atoms with Crippen LogP contribution in [0.1, 0.15) is 43.9 Å². The van der Waals surface area contributed by atoms with Crippen LogP contribution in [0.5, 0.6) is 0 Å². The number of benzene rings is 1. The molecule has 1 aromatic rings. The number of amides is 1. The predicted octanol–water partition coefficient (Wildman–Crippen LogP) is 3.33. The highest BCUT2D eigenvalue weighted by atomic mass is 16.2. The van der Waals surface area contributed by atoms with Gasteiger partial charge in [0.15, 0.2) is 5.78 Å². The molecule has 0 aliphatic carbocycles. The maximum Gasteiger partial charge on any atom is 0.235 e. The lowest BCUT2D eigenvalue weighted by atomic mass is 9.84. The minimum absolute atomic E-state index is 0.0153. The van der Waals surface area contributed by atoms with Gasteiger partial charge in [0, 0.05) is 0 Å². The van der Waals surface area contributed by atoms with Gasteiger partial charge in [-0.1, -0.05) is 31.5 Å². The molecule has 3 heteroatoms. The number of carbonyl (C=O) groups is 2. The Bertz CT molecular complexity index is 566. The summed E-state index contributed by atoms with van der Waals surface area (Å²) < 4.78 is 0. The maximum atomic E-state index is 12.4. The molecular formula is C17H23NO2. The Balaban J connectivity index is 2.67. The van der Waals surface area contributed by atoms with Crippen LogP contribution in [0, 0.1) is 26.7 Å². The zero-order chi connectivity index (χ0) is 15.2. The molecule has 0 N–H and O–H groups in total. The first-order valence-corrected chi connectivity index (χ1v) is 7.13. The van der Waals surface area contributed by atoms with E-state index < -0.39 is 5.54 Å². The van der Waals surface area contributed by atoms with Crippen molar-refractivity contribution in [2.75, 3.05) is 4.90 Å². The molecule has 1 fully saturated rings. The summed E-state index contributed by atoms with van der Waals surface area (Å²) in [6.45, 7) is 12.0. The molecule has 0 saturated carbocycles. The Kier molecular flexibility index (Phi) is 3.49. The van der Waals surface area contributed by atoms with Crippen LogP contribution in [0.4, 0.5) is 5.69 Å². The molecule has 108 valence electrons. The van der Waals surface area contributed by atoms with Crippen molar-refractivity contribution in [2.24, 2.45) is 5.92 Å². The molecule has 1 saturated heterocycles. The van der Waals surface area contributed by atoms with Gasteiger partial charge >= 0.3 is 0 Å². The van der Waals surface area contributed by atoms with Crippen molar-refractivity contribution in [3.8, 4) is 0 Å². The van der Waals surface area contributed by atoms with E-state index >= 15 is 0 Å². The van der Waals surface area contributed by atoms with Crippen LogP contribution in [0.25, 0.3) is 0 Å². The summed E-state index contributed by atoms with van der Waals surface area (Å²) in [5.41, 5.74) is 3.45. The van der Waals surface area contributed by atoms with Crippen molar-refractivity contribution in [1.82, 2.24) is 0 Å². The smallest absolute Gasteiger partial charge is 0.235 e. The third kappa shape index (κ3) is 1.96.